The number of tetrazole rings is 1. The van der Waals surface area contributed by atoms with Gasteiger partial charge in [-0.1, -0.05) is 23.9 Å². The molecule has 5 rings (SSSR count). The third kappa shape index (κ3) is 4.64. The van der Waals surface area contributed by atoms with Crippen LogP contribution >= 0.6 is 11.8 Å². The van der Waals surface area contributed by atoms with Crippen LogP contribution < -0.4 is 5.32 Å². The van der Waals surface area contributed by atoms with Gasteiger partial charge in [0.2, 0.25) is 11.8 Å². The maximum absolute atomic E-state index is 12.2. The molecule has 0 radical (unpaired) electrons. The van der Waals surface area contributed by atoms with E-state index in [9.17, 15) is 4.79 Å². The van der Waals surface area contributed by atoms with Crippen molar-refractivity contribution in [2.24, 2.45) is 0 Å². The molecule has 32 heavy (non-hydrogen) atoms. The Labute approximate surface area is 185 Å². The number of benzene rings is 2. The highest BCUT2D eigenvalue weighted by atomic mass is 32.2. The summed E-state index contributed by atoms with van der Waals surface area (Å²) in [6.07, 6.45) is 2.72. The van der Waals surface area contributed by atoms with E-state index in [1.165, 1.54) is 22.8 Å². The molecule has 2 aromatic carbocycles. The van der Waals surface area contributed by atoms with E-state index in [0.717, 1.165) is 22.5 Å². The van der Waals surface area contributed by atoms with Crippen LogP contribution in [0, 0.1) is 0 Å². The first kappa shape index (κ1) is 19.9. The van der Waals surface area contributed by atoms with Crippen molar-refractivity contribution >= 4 is 34.4 Å². The minimum absolute atomic E-state index is 0.153. The Morgan fingerprint density at radius 3 is 2.78 bits per heavy atom. The average Bonchev–Trinajstić information content (AvgIpc) is 3.57. The summed E-state index contributed by atoms with van der Waals surface area (Å²) in [6, 6.07) is 15.1. The van der Waals surface area contributed by atoms with Crippen LogP contribution in [0.15, 0.2) is 64.5 Å². The van der Waals surface area contributed by atoms with E-state index < -0.39 is 0 Å². The standard InChI is InChI=1S/C20H17N9O2S/c30-18(22-13-5-7-14(8-6-13)29-12-21-27-28-29)11-32-20-26-25-19(31-20)10-9-17-23-15-3-1-2-4-16(15)24-17/h1-8,12H,9-11H2,(H,22,30)(H,23,24). The zero-order valence-corrected chi connectivity index (χ0v) is 17.5. The molecule has 0 unspecified atom stereocenters. The first-order valence-electron chi connectivity index (χ1n) is 9.75. The lowest BCUT2D eigenvalue weighted by atomic mass is 10.3. The van der Waals surface area contributed by atoms with Crippen LogP contribution in [0.2, 0.25) is 0 Å². The second-order valence-corrected chi connectivity index (χ2v) is 7.73. The summed E-state index contributed by atoms with van der Waals surface area (Å²) < 4.78 is 7.17. The van der Waals surface area contributed by atoms with Gasteiger partial charge in [0.1, 0.15) is 12.2 Å². The number of aryl methyl sites for hydroxylation is 2. The number of H-pyrrole nitrogens is 1. The van der Waals surface area contributed by atoms with Gasteiger partial charge in [0, 0.05) is 18.5 Å². The molecule has 160 valence electrons. The molecule has 2 N–H and O–H groups in total. The molecule has 3 heterocycles. The van der Waals surface area contributed by atoms with Crippen LogP contribution in [0.4, 0.5) is 5.69 Å². The Morgan fingerprint density at radius 2 is 1.97 bits per heavy atom. The van der Waals surface area contributed by atoms with Crippen molar-refractivity contribution in [3.63, 3.8) is 0 Å². The van der Waals surface area contributed by atoms with Gasteiger partial charge < -0.3 is 14.7 Å². The molecule has 0 aliphatic carbocycles. The van der Waals surface area contributed by atoms with Gasteiger partial charge in [0.15, 0.2) is 0 Å². The Balaban J connectivity index is 1.10. The molecule has 1 amide bonds. The van der Waals surface area contributed by atoms with Crippen molar-refractivity contribution < 1.29 is 9.21 Å². The van der Waals surface area contributed by atoms with E-state index in [0.29, 0.717) is 29.6 Å². The fraction of sp³-hybridized carbons (Fsp3) is 0.150. The number of aromatic nitrogens is 8. The van der Waals surface area contributed by atoms with Crippen LogP contribution in [0.5, 0.6) is 0 Å². The van der Waals surface area contributed by atoms with Gasteiger partial charge in [-0.15, -0.1) is 15.3 Å². The number of hydrogen-bond donors (Lipinski definition) is 2. The Bertz CT molecular complexity index is 1300. The van der Waals surface area contributed by atoms with Gasteiger partial charge in [0.05, 0.1) is 22.5 Å². The van der Waals surface area contributed by atoms with E-state index >= 15 is 0 Å². The fourth-order valence-corrected chi connectivity index (χ4v) is 3.63. The molecule has 0 aliphatic rings. The van der Waals surface area contributed by atoms with Crippen LogP contribution in [0.25, 0.3) is 16.7 Å². The number of nitrogens with one attached hydrogen (secondary N) is 2. The second kappa shape index (κ2) is 8.98. The molecule has 12 heteroatoms. The van der Waals surface area contributed by atoms with Crippen molar-refractivity contribution in [2.75, 3.05) is 11.1 Å². The zero-order chi connectivity index (χ0) is 21.8. The number of carbonyl (C=O) groups is 1. The lowest BCUT2D eigenvalue weighted by molar-refractivity contribution is -0.113. The quantitative estimate of drug-likeness (QED) is 0.343. The summed E-state index contributed by atoms with van der Waals surface area (Å²) in [6.45, 7) is 0. The van der Waals surface area contributed by atoms with Crippen LogP contribution in [0.1, 0.15) is 11.7 Å². The molecule has 0 aliphatic heterocycles. The van der Waals surface area contributed by atoms with E-state index in [-0.39, 0.29) is 11.7 Å². The minimum Gasteiger partial charge on any atom is -0.416 e. The number of nitrogens with zero attached hydrogens (tertiary/aromatic N) is 7. The molecule has 0 atom stereocenters. The minimum atomic E-state index is -0.174. The first-order chi connectivity index (χ1) is 15.7. The lowest BCUT2D eigenvalue weighted by Crippen LogP contribution is -2.14. The van der Waals surface area contributed by atoms with E-state index in [1.54, 1.807) is 12.1 Å². The summed E-state index contributed by atoms with van der Waals surface area (Å²) in [7, 11) is 0. The average molecular weight is 447 g/mol. The van der Waals surface area contributed by atoms with Gasteiger partial charge in [-0.25, -0.2) is 9.67 Å². The molecule has 0 saturated heterocycles. The normalized spacial score (nSPS) is 11.1. The summed E-state index contributed by atoms with van der Waals surface area (Å²) >= 11 is 1.19. The molecular weight excluding hydrogens is 430 g/mol. The van der Waals surface area contributed by atoms with Gasteiger partial charge >= 0.3 is 0 Å². The molecule has 0 bridgehead atoms. The van der Waals surface area contributed by atoms with E-state index in [4.69, 9.17) is 4.42 Å². The predicted molar refractivity (Wildman–Crippen MR) is 116 cm³/mol. The number of fused-ring (bicyclic) bond motifs is 1. The topological polar surface area (TPSA) is 140 Å². The first-order valence-corrected chi connectivity index (χ1v) is 10.7. The molecule has 0 spiro atoms. The molecule has 5 aromatic rings. The Morgan fingerprint density at radius 1 is 1.09 bits per heavy atom. The fourth-order valence-electron chi connectivity index (χ4n) is 3.05. The Hall–Kier alpha value is -4.06. The number of carbonyl (C=O) groups excluding carboxylic acids is 1. The highest BCUT2D eigenvalue weighted by molar-refractivity contribution is 7.99. The number of amides is 1. The second-order valence-electron chi connectivity index (χ2n) is 6.80. The highest BCUT2D eigenvalue weighted by Gasteiger charge is 2.11. The Kier molecular flexibility index (Phi) is 5.58. The summed E-state index contributed by atoms with van der Waals surface area (Å²) in [5.74, 6) is 1.35. The summed E-state index contributed by atoms with van der Waals surface area (Å²) in [5.41, 5.74) is 3.40. The number of para-hydroxylation sites is 2. The van der Waals surface area contributed by atoms with Gasteiger partial charge in [-0.3, -0.25) is 4.79 Å². The predicted octanol–water partition coefficient (Wildman–Crippen LogP) is 2.44. The molecule has 3 aromatic heterocycles. The smallest absolute Gasteiger partial charge is 0.277 e. The van der Waals surface area contributed by atoms with Gasteiger partial charge in [-0.2, -0.15) is 0 Å². The zero-order valence-electron chi connectivity index (χ0n) is 16.7. The molecule has 0 fully saturated rings. The maximum Gasteiger partial charge on any atom is 0.277 e. The third-order valence-corrected chi connectivity index (χ3v) is 5.37. The summed E-state index contributed by atoms with van der Waals surface area (Å²) in [4.78, 5) is 20.0. The van der Waals surface area contributed by atoms with Crippen molar-refractivity contribution in [2.45, 2.75) is 18.1 Å². The molecular formula is C20H17N9O2S. The third-order valence-electron chi connectivity index (χ3n) is 4.55. The monoisotopic (exact) mass is 447 g/mol. The van der Waals surface area contributed by atoms with Crippen LogP contribution in [-0.4, -0.2) is 52.0 Å². The number of thioether (sulfide) groups is 1. The lowest BCUT2D eigenvalue weighted by Gasteiger charge is -2.05. The van der Waals surface area contributed by atoms with Crippen molar-refractivity contribution in [1.29, 1.82) is 0 Å². The van der Waals surface area contributed by atoms with Crippen LogP contribution in [-0.2, 0) is 17.6 Å². The molecule has 11 nitrogen and oxygen atoms in total. The van der Waals surface area contributed by atoms with Gasteiger partial charge in [-0.05, 0) is 46.8 Å². The number of hydrogen-bond acceptors (Lipinski definition) is 9. The van der Waals surface area contributed by atoms with Crippen molar-refractivity contribution in [1.82, 2.24) is 40.4 Å². The van der Waals surface area contributed by atoms with Crippen molar-refractivity contribution in [3.05, 3.63) is 66.6 Å². The van der Waals surface area contributed by atoms with Gasteiger partial charge in [0.25, 0.3) is 5.22 Å². The van der Waals surface area contributed by atoms with E-state index in [2.05, 4.69) is 41.0 Å². The number of aromatic amines is 1. The van der Waals surface area contributed by atoms with E-state index in [1.807, 2.05) is 36.4 Å². The summed E-state index contributed by atoms with van der Waals surface area (Å²) in [5, 5.41) is 22.2. The van der Waals surface area contributed by atoms with Crippen molar-refractivity contribution in [3.8, 4) is 5.69 Å². The number of rotatable bonds is 8. The largest absolute Gasteiger partial charge is 0.416 e. The molecule has 0 saturated carbocycles. The number of anilines is 1. The highest BCUT2D eigenvalue weighted by Crippen LogP contribution is 2.19. The number of imidazole rings is 1. The van der Waals surface area contributed by atoms with Crippen LogP contribution in [0.3, 0.4) is 0 Å². The maximum atomic E-state index is 12.2. The SMILES string of the molecule is O=C(CSc1nnc(CCc2nc3ccccc3[nH]2)o1)Nc1ccc(-n2cnnn2)cc1.